The van der Waals surface area contributed by atoms with Gasteiger partial charge in [-0.05, 0) is 31.0 Å². The fraction of sp³-hybridized carbons (Fsp3) is 0.231. The van der Waals surface area contributed by atoms with E-state index in [-0.39, 0.29) is 25.0 Å². The van der Waals surface area contributed by atoms with Gasteiger partial charge in [-0.15, -0.1) is 10.2 Å². The fourth-order valence-corrected chi connectivity index (χ4v) is 5.03. The van der Waals surface area contributed by atoms with Gasteiger partial charge in [0.15, 0.2) is 0 Å². The average Bonchev–Trinajstić information content (AvgIpc) is 3.45. The quantitative estimate of drug-likeness (QED) is 0.302. The summed E-state index contributed by atoms with van der Waals surface area (Å²) in [5, 5.41) is 25.3. The van der Waals surface area contributed by atoms with Crippen LogP contribution in [0.1, 0.15) is 38.1 Å². The molecule has 2 aromatic heterocycles. The van der Waals surface area contributed by atoms with Crippen molar-refractivity contribution in [3.8, 4) is 11.3 Å². The third kappa shape index (κ3) is 5.49. The molecular weight excluding hydrogens is 526 g/mol. The van der Waals surface area contributed by atoms with Crippen LogP contribution < -0.4 is 10.6 Å². The molecule has 2 amide bonds. The number of aliphatic hydroxyl groups is 1. The Hall–Kier alpha value is -3.93. The molecule has 0 saturated carbocycles. The smallest absolute Gasteiger partial charge is 0.254 e. The Morgan fingerprint density at radius 1 is 1.21 bits per heavy atom. The van der Waals surface area contributed by atoms with E-state index >= 15 is 0 Å². The number of carbonyl (C=O) groups excluding carboxylic acids is 2. The molecule has 0 saturated heterocycles. The molecule has 0 fully saturated rings. The summed E-state index contributed by atoms with van der Waals surface area (Å²) in [6, 6.07) is 12.4. The van der Waals surface area contributed by atoms with Gasteiger partial charge in [-0.3, -0.25) is 14.9 Å². The van der Waals surface area contributed by atoms with E-state index in [1.54, 1.807) is 6.07 Å². The van der Waals surface area contributed by atoms with Crippen molar-refractivity contribution in [3.05, 3.63) is 80.9 Å². The van der Waals surface area contributed by atoms with E-state index in [1.165, 1.54) is 22.4 Å². The number of carbonyl (C=O) groups is 2. The van der Waals surface area contributed by atoms with E-state index in [4.69, 9.17) is 11.6 Å². The summed E-state index contributed by atoms with van der Waals surface area (Å²) in [6.45, 7) is 3.72. The van der Waals surface area contributed by atoms with E-state index in [1.807, 2.05) is 50.2 Å². The molecule has 2 aromatic carbocycles. The highest BCUT2D eigenvalue weighted by Gasteiger charge is 2.30. The number of rotatable bonds is 8. The number of anilines is 2. The van der Waals surface area contributed by atoms with Gasteiger partial charge >= 0.3 is 0 Å². The van der Waals surface area contributed by atoms with Gasteiger partial charge in [0.1, 0.15) is 11.6 Å². The van der Waals surface area contributed by atoms with Gasteiger partial charge in [0, 0.05) is 17.7 Å². The normalized spacial score (nSPS) is 13.4. The lowest BCUT2D eigenvalue weighted by Gasteiger charge is -2.20. The van der Waals surface area contributed by atoms with Crippen LogP contribution >= 0.6 is 22.9 Å². The maximum atomic E-state index is 13.2. The molecule has 12 heteroatoms. The molecule has 3 heterocycles. The number of hydrogen-bond acceptors (Lipinski definition) is 9. The predicted octanol–water partition coefficient (Wildman–Crippen LogP) is 3.81. The first-order valence-corrected chi connectivity index (χ1v) is 13.0. The van der Waals surface area contributed by atoms with Gasteiger partial charge in [0.2, 0.25) is 17.0 Å². The lowest BCUT2D eigenvalue weighted by molar-refractivity contribution is -0.122. The first kappa shape index (κ1) is 25.7. The summed E-state index contributed by atoms with van der Waals surface area (Å²) in [5.74, 6) is -0.313. The first-order chi connectivity index (χ1) is 18.3. The number of aliphatic hydroxyl groups excluding tert-OH is 1. The minimum atomic E-state index is -0.555. The highest BCUT2D eigenvalue weighted by molar-refractivity contribution is 7.15. The van der Waals surface area contributed by atoms with Crippen LogP contribution in [0.15, 0.2) is 48.7 Å². The van der Waals surface area contributed by atoms with Crippen LogP contribution in [0.3, 0.4) is 0 Å². The van der Waals surface area contributed by atoms with Crippen LogP contribution in [-0.4, -0.2) is 55.1 Å². The van der Waals surface area contributed by atoms with Crippen molar-refractivity contribution in [2.75, 3.05) is 18.5 Å². The summed E-state index contributed by atoms with van der Waals surface area (Å²) < 4.78 is 0. The van der Waals surface area contributed by atoms with E-state index in [0.717, 1.165) is 21.7 Å². The van der Waals surface area contributed by atoms with Crippen molar-refractivity contribution in [2.45, 2.75) is 26.4 Å². The molecule has 3 N–H and O–H groups in total. The lowest BCUT2D eigenvalue weighted by Crippen LogP contribution is -2.40. The Morgan fingerprint density at radius 2 is 2.05 bits per heavy atom. The van der Waals surface area contributed by atoms with Crippen molar-refractivity contribution in [3.63, 3.8) is 0 Å². The van der Waals surface area contributed by atoms with Crippen molar-refractivity contribution in [1.29, 1.82) is 0 Å². The molecule has 5 rings (SSSR count). The monoisotopic (exact) mass is 549 g/mol. The summed E-state index contributed by atoms with van der Waals surface area (Å²) >= 11 is 7.77. The number of aryl methyl sites for hydroxylation is 2. The molecule has 1 aliphatic heterocycles. The molecule has 1 atom stereocenters. The van der Waals surface area contributed by atoms with Crippen LogP contribution in [0.2, 0.25) is 5.02 Å². The Bertz CT molecular complexity index is 1530. The topological polar surface area (TPSA) is 133 Å². The van der Waals surface area contributed by atoms with Crippen LogP contribution in [-0.2, 0) is 11.3 Å². The zero-order valence-corrected chi connectivity index (χ0v) is 22.2. The predicted molar refractivity (Wildman–Crippen MR) is 144 cm³/mol. The third-order valence-corrected chi connectivity index (χ3v) is 7.08. The van der Waals surface area contributed by atoms with Gasteiger partial charge < -0.3 is 15.3 Å². The minimum absolute atomic E-state index is 0.130. The molecule has 0 unspecified atom stereocenters. The number of aromatic nitrogens is 4. The van der Waals surface area contributed by atoms with Crippen LogP contribution in [0.25, 0.3) is 11.3 Å². The highest BCUT2D eigenvalue weighted by atomic mass is 35.5. The molecule has 10 nitrogen and oxygen atoms in total. The van der Waals surface area contributed by atoms with E-state index in [0.29, 0.717) is 39.5 Å². The van der Waals surface area contributed by atoms with Crippen molar-refractivity contribution in [2.24, 2.45) is 0 Å². The standard InChI is InChI=1S/C26H24ClN7O3S/c1-14-4-3-5-16(8-14)21(13-35)29-22(36)12-34-11-18-7-6-17(9-19(18)24(34)37)23-20(27)10-28-25(30-23)31-26-33-32-15(2)38-26/h3-10,21,35H,11-13H2,1-2H3,(H,29,36)(H,28,30,31,33)/t21-/m1/s1. The van der Waals surface area contributed by atoms with Crippen LogP contribution in [0, 0.1) is 13.8 Å². The summed E-state index contributed by atoms with van der Waals surface area (Å²) in [7, 11) is 0. The van der Waals surface area contributed by atoms with Crippen LogP contribution in [0.4, 0.5) is 11.1 Å². The van der Waals surface area contributed by atoms with E-state index in [9.17, 15) is 14.7 Å². The first-order valence-electron chi connectivity index (χ1n) is 11.8. The van der Waals surface area contributed by atoms with Crippen molar-refractivity contribution in [1.82, 2.24) is 30.4 Å². The Morgan fingerprint density at radius 3 is 2.79 bits per heavy atom. The number of amides is 2. The molecule has 0 bridgehead atoms. The van der Waals surface area contributed by atoms with Crippen LogP contribution in [0.5, 0.6) is 0 Å². The minimum Gasteiger partial charge on any atom is -0.394 e. The third-order valence-electron chi connectivity index (χ3n) is 6.05. The number of benzene rings is 2. The van der Waals surface area contributed by atoms with Gasteiger partial charge in [-0.25, -0.2) is 9.97 Å². The second kappa shape index (κ2) is 10.8. The second-order valence-electron chi connectivity index (χ2n) is 8.89. The molecule has 1 aliphatic rings. The highest BCUT2D eigenvalue weighted by Crippen LogP contribution is 2.32. The van der Waals surface area contributed by atoms with Crippen molar-refractivity contribution < 1.29 is 14.7 Å². The fourth-order valence-electron chi connectivity index (χ4n) is 4.24. The maximum Gasteiger partial charge on any atom is 0.254 e. The maximum absolute atomic E-state index is 13.2. The van der Waals surface area contributed by atoms with Crippen molar-refractivity contribution >= 4 is 45.8 Å². The number of nitrogens with one attached hydrogen (secondary N) is 2. The van der Waals surface area contributed by atoms with Gasteiger partial charge in [0.05, 0.1) is 29.6 Å². The number of halogens is 1. The van der Waals surface area contributed by atoms with Gasteiger partial charge in [0.25, 0.3) is 5.91 Å². The summed E-state index contributed by atoms with van der Waals surface area (Å²) in [4.78, 5) is 36.2. The van der Waals surface area contributed by atoms with E-state index in [2.05, 4.69) is 30.8 Å². The second-order valence-corrected chi connectivity index (χ2v) is 10.5. The van der Waals surface area contributed by atoms with Gasteiger partial charge in [-0.2, -0.15) is 0 Å². The Kier molecular flexibility index (Phi) is 7.32. The lowest BCUT2D eigenvalue weighted by atomic mass is 10.0. The molecule has 0 spiro atoms. The SMILES string of the molecule is Cc1cccc([C@@H](CO)NC(=O)CN2Cc3ccc(-c4nc(Nc5nnc(C)s5)ncc4Cl)cc3C2=O)c1. The molecular formula is C26H24ClN7O3S. The number of nitrogens with zero attached hydrogens (tertiary/aromatic N) is 5. The van der Waals surface area contributed by atoms with E-state index < -0.39 is 6.04 Å². The average molecular weight is 550 g/mol. The molecule has 0 radical (unpaired) electrons. The number of hydrogen-bond donors (Lipinski definition) is 3. The molecule has 0 aliphatic carbocycles. The zero-order chi connectivity index (χ0) is 26.8. The molecule has 194 valence electrons. The largest absolute Gasteiger partial charge is 0.394 e. The zero-order valence-electron chi connectivity index (χ0n) is 20.6. The van der Waals surface area contributed by atoms with Gasteiger partial charge in [-0.1, -0.05) is 64.9 Å². The molecule has 38 heavy (non-hydrogen) atoms. The summed E-state index contributed by atoms with van der Waals surface area (Å²) in [5.41, 5.74) is 4.22. The Balaban J connectivity index is 1.30. The number of fused-ring (bicyclic) bond motifs is 1. The molecule has 4 aromatic rings. The Labute approximate surface area is 227 Å². The summed E-state index contributed by atoms with van der Waals surface area (Å²) in [6.07, 6.45) is 1.48.